The van der Waals surface area contributed by atoms with Gasteiger partial charge in [-0.15, -0.1) is 0 Å². The van der Waals surface area contributed by atoms with Crippen LogP contribution in [0.4, 0.5) is 0 Å². The summed E-state index contributed by atoms with van der Waals surface area (Å²) in [5, 5.41) is 2.64. The van der Waals surface area contributed by atoms with E-state index in [9.17, 15) is 0 Å². The molecule has 2 radical (unpaired) electrons. The molecule has 0 saturated heterocycles. The van der Waals surface area contributed by atoms with Gasteiger partial charge in [0.05, 0.1) is 0 Å². The third kappa shape index (κ3) is 1.19. The number of rotatable bonds is 0. The standard InChI is InChI=1S/C10H7As/c11-10-7-3-5-8-4-1-2-6-9(8)10/h1-7H. The third-order valence-electron chi connectivity index (χ3n) is 1.77. The Labute approximate surface area is 74.7 Å². The van der Waals surface area contributed by atoms with Crippen molar-refractivity contribution in [1.82, 2.24) is 0 Å². The molecule has 0 unspecified atom stereocenters. The van der Waals surface area contributed by atoms with Gasteiger partial charge in [-0.1, -0.05) is 0 Å². The zero-order chi connectivity index (χ0) is 7.68. The summed E-state index contributed by atoms with van der Waals surface area (Å²) in [7, 11) is 0. The van der Waals surface area contributed by atoms with E-state index < -0.39 is 0 Å². The Kier molecular flexibility index (Phi) is 1.71. The van der Waals surface area contributed by atoms with Crippen LogP contribution in [0.25, 0.3) is 10.8 Å². The second-order valence-corrected chi connectivity index (χ2v) is 3.51. The molecular weight excluding hydrogens is 195 g/mol. The zero-order valence-corrected chi connectivity index (χ0v) is 7.87. The Morgan fingerprint density at radius 3 is 2.36 bits per heavy atom. The van der Waals surface area contributed by atoms with Crippen molar-refractivity contribution in [3.8, 4) is 0 Å². The molecule has 0 heterocycles. The summed E-state index contributed by atoms with van der Waals surface area (Å²) in [6.45, 7) is 0. The summed E-state index contributed by atoms with van der Waals surface area (Å²) in [5.41, 5.74) is 0. The van der Waals surface area contributed by atoms with Crippen LogP contribution in [-0.4, -0.2) is 16.9 Å². The van der Waals surface area contributed by atoms with Gasteiger partial charge in [-0.3, -0.25) is 0 Å². The van der Waals surface area contributed by atoms with E-state index in [0.717, 1.165) is 0 Å². The quantitative estimate of drug-likeness (QED) is 0.569. The average molecular weight is 202 g/mol. The fraction of sp³-hybridized carbons (Fsp3) is 0. The SMILES string of the molecule is [As]c1cccc2ccccc12. The van der Waals surface area contributed by atoms with Gasteiger partial charge in [0.15, 0.2) is 0 Å². The summed E-state index contributed by atoms with van der Waals surface area (Å²) in [4.78, 5) is 0. The van der Waals surface area contributed by atoms with Crippen molar-refractivity contribution >= 4 is 32.0 Å². The number of fused-ring (bicyclic) bond motifs is 1. The molecule has 0 aliphatic heterocycles. The fourth-order valence-electron chi connectivity index (χ4n) is 1.21. The average Bonchev–Trinajstić information content (AvgIpc) is 2.06. The van der Waals surface area contributed by atoms with Crippen molar-refractivity contribution < 1.29 is 0 Å². The molecule has 2 aromatic rings. The van der Waals surface area contributed by atoms with Crippen LogP contribution in [0.2, 0.25) is 0 Å². The minimum absolute atomic E-state index is 1.29. The molecule has 0 nitrogen and oxygen atoms in total. The Bertz CT molecular complexity index is 374. The molecule has 0 N–H and O–H groups in total. The molecule has 0 amide bonds. The van der Waals surface area contributed by atoms with Crippen molar-refractivity contribution in [3.63, 3.8) is 0 Å². The van der Waals surface area contributed by atoms with E-state index >= 15 is 0 Å². The summed E-state index contributed by atoms with van der Waals surface area (Å²) >= 11 is 2.59. The van der Waals surface area contributed by atoms with E-state index in [0.29, 0.717) is 0 Å². The molecule has 0 spiro atoms. The molecule has 0 saturated carbocycles. The second kappa shape index (κ2) is 2.71. The van der Waals surface area contributed by atoms with Gasteiger partial charge in [-0.2, -0.15) is 0 Å². The van der Waals surface area contributed by atoms with Gasteiger partial charge in [-0.25, -0.2) is 0 Å². The van der Waals surface area contributed by atoms with E-state index in [2.05, 4.69) is 59.3 Å². The van der Waals surface area contributed by atoms with Gasteiger partial charge < -0.3 is 0 Å². The van der Waals surface area contributed by atoms with Crippen LogP contribution >= 0.6 is 0 Å². The summed E-state index contributed by atoms with van der Waals surface area (Å²) < 4.78 is 1.29. The van der Waals surface area contributed by atoms with Crippen LogP contribution in [0.1, 0.15) is 0 Å². The van der Waals surface area contributed by atoms with Gasteiger partial charge in [0.1, 0.15) is 0 Å². The maximum atomic E-state index is 2.59. The molecular formula is C10H7As. The van der Waals surface area contributed by atoms with Crippen molar-refractivity contribution in [2.24, 2.45) is 0 Å². The van der Waals surface area contributed by atoms with Crippen LogP contribution in [-0.2, 0) is 0 Å². The van der Waals surface area contributed by atoms with Gasteiger partial charge in [-0.05, 0) is 0 Å². The molecule has 0 aliphatic rings. The molecule has 0 bridgehead atoms. The molecule has 1 heteroatoms. The van der Waals surface area contributed by atoms with Crippen molar-refractivity contribution in [3.05, 3.63) is 42.5 Å². The topological polar surface area (TPSA) is 0 Å². The molecule has 11 heavy (non-hydrogen) atoms. The first kappa shape index (κ1) is 6.94. The Hall–Kier alpha value is -0.742. The van der Waals surface area contributed by atoms with E-state index in [-0.39, 0.29) is 0 Å². The number of benzene rings is 2. The van der Waals surface area contributed by atoms with Crippen LogP contribution in [0, 0.1) is 0 Å². The van der Waals surface area contributed by atoms with E-state index in [1.807, 2.05) is 0 Å². The van der Waals surface area contributed by atoms with Crippen molar-refractivity contribution in [2.45, 2.75) is 0 Å². The van der Waals surface area contributed by atoms with Crippen LogP contribution in [0.15, 0.2) is 42.5 Å². The predicted molar refractivity (Wildman–Crippen MR) is 49.3 cm³/mol. The molecule has 0 fully saturated rings. The molecule has 0 atom stereocenters. The summed E-state index contributed by atoms with van der Waals surface area (Å²) in [5.74, 6) is 0. The Morgan fingerprint density at radius 2 is 1.55 bits per heavy atom. The van der Waals surface area contributed by atoms with Crippen LogP contribution < -0.4 is 4.35 Å². The second-order valence-electron chi connectivity index (χ2n) is 2.50. The molecule has 0 aliphatic carbocycles. The molecule has 0 aromatic heterocycles. The normalized spacial score (nSPS) is 10.3. The van der Waals surface area contributed by atoms with E-state index in [1.54, 1.807) is 0 Å². The third-order valence-corrected chi connectivity index (χ3v) is 2.58. The molecule has 2 rings (SSSR count). The van der Waals surface area contributed by atoms with Gasteiger partial charge in [0.2, 0.25) is 0 Å². The van der Waals surface area contributed by atoms with Gasteiger partial charge >= 0.3 is 74.4 Å². The number of hydrogen-bond donors (Lipinski definition) is 0. The maximum absolute atomic E-state index is 2.59. The van der Waals surface area contributed by atoms with Gasteiger partial charge in [0, 0.05) is 0 Å². The fourth-order valence-corrected chi connectivity index (χ4v) is 1.82. The van der Waals surface area contributed by atoms with Crippen LogP contribution in [0.5, 0.6) is 0 Å². The van der Waals surface area contributed by atoms with Gasteiger partial charge in [0.25, 0.3) is 0 Å². The minimum atomic E-state index is 1.29. The monoisotopic (exact) mass is 202 g/mol. The predicted octanol–water partition coefficient (Wildman–Crippen LogP) is 1.63. The van der Waals surface area contributed by atoms with Crippen LogP contribution in [0.3, 0.4) is 0 Å². The first-order valence-corrected chi connectivity index (χ1v) is 4.48. The molecule has 2 aromatic carbocycles. The van der Waals surface area contributed by atoms with Crippen molar-refractivity contribution in [2.75, 3.05) is 0 Å². The number of hydrogen-bond acceptors (Lipinski definition) is 0. The van der Waals surface area contributed by atoms with E-state index in [1.165, 1.54) is 15.1 Å². The Morgan fingerprint density at radius 1 is 0.818 bits per heavy atom. The van der Waals surface area contributed by atoms with Crippen molar-refractivity contribution in [1.29, 1.82) is 0 Å². The zero-order valence-electron chi connectivity index (χ0n) is 5.99. The van der Waals surface area contributed by atoms with E-state index in [4.69, 9.17) is 0 Å². The first-order valence-electron chi connectivity index (χ1n) is 3.54. The first-order chi connectivity index (χ1) is 5.38. The summed E-state index contributed by atoms with van der Waals surface area (Å²) in [6, 6.07) is 14.7. The molecule has 52 valence electrons. The summed E-state index contributed by atoms with van der Waals surface area (Å²) in [6.07, 6.45) is 0. The Balaban J connectivity index is 2.91.